The molecule has 4 N–H and O–H groups in total. The molecule has 1 saturated heterocycles. The highest BCUT2D eigenvalue weighted by molar-refractivity contribution is 6.03. The van der Waals surface area contributed by atoms with Crippen LogP contribution in [0.2, 0.25) is 0 Å². The van der Waals surface area contributed by atoms with Crippen LogP contribution in [0.1, 0.15) is 49.9 Å². The number of ether oxygens (including phenoxy) is 1. The van der Waals surface area contributed by atoms with Gasteiger partial charge < -0.3 is 30.7 Å². The third kappa shape index (κ3) is 5.15. The van der Waals surface area contributed by atoms with Gasteiger partial charge in [-0.25, -0.2) is 18.4 Å². The van der Waals surface area contributed by atoms with Crippen molar-refractivity contribution in [2.24, 2.45) is 5.92 Å². The van der Waals surface area contributed by atoms with Crippen molar-refractivity contribution >= 4 is 29.1 Å². The summed E-state index contributed by atoms with van der Waals surface area (Å²) in [7, 11) is 0. The van der Waals surface area contributed by atoms with E-state index in [1.807, 2.05) is 6.92 Å². The lowest BCUT2D eigenvalue weighted by Gasteiger charge is -2.51. The number of hydrogen-bond acceptors (Lipinski definition) is 5. The fourth-order valence-electron chi connectivity index (χ4n) is 7.22. The number of hydrogen-bond donors (Lipinski definition) is 4. The molecule has 6 rings (SSSR count). The van der Waals surface area contributed by atoms with Crippen LogP contribution in [0.3, 0.4) is 0 Å². The minimum atomic E-state index is -1.31. The molecule has 10 heteroatoms. The zero-order chi connectivity index (χ0) is 29.6. The number of anilines is 3. The number of carboxylic acid groups (broad SMARTS) is 1. The SMILES string of the molecule is CCOc1ccc(NC(=O)Nc2cc(-c3cc(F)ccc3C(=O)O)c(F)cc2N2CC(C)N[C@]34CC[C@H](CC23)C4)cc1. The number of rotatable bonds is 7. The molecule has 3 aromatic carbocycles. The topological polar surface area (TPSA) is 103 Å². The monoisotopic (exact) mass is 576 g/mol. The van der Waals surface area contributed by atoms with Crippen molar-refractivity contribution in [2.75, 3.05) is 28.7 Å². The van der Waals surface area contributed by atoms with E-state index in [0.29, 0.717) is 41.9 Å². The maximum absolute atomic E-state index is 16.0. The molecule has 0 aromatic heterocycles. The standard InChI is InChI=1S/C32H34F2N4O4/c1-3-42-22-7-5-21(6-8-22)35-31(41)36-27-14-25(24-13-20(33)4-9-23(24)30(39)40)26(34)15-28(27)38-17-18(2)37-32-11-10-19(16-32)12-29(32)38/h4-9,13-15,18-19,29,37H,3,10-12,16-17H2,1-2H3,(H,39,40)(H2,35,36,41)/t18?,19-,29?,32+/m1/s1. The second-order valence-electron chi connectivity index (χ2n) is 11.6. The first kappa shape index (κ1) is 28.0. The molecule has 3 aromatic rings. The summed E-state index contributed by atoms with van der Waals surface area (Å²) in [6.07, 6.45) is 4.22. The quantitative estimate of drug-likeness (QED) is 0.257. The maximum Gasteiger partial charge on any atom is 0.336 e. The predicted octanol–water partition coefficient (Wildman–Crippen LogP) is 6.48. The first-order valence-corrected chi connectivity index (χ1v) is 14.4. The number of aromatic carboxylic acids is 1. The lowest BCUT2D eigenvalue weighted by Crippen LogP contribution is -2.67. The number of nitrogens with one attached hydrogen (secondary N) is 3. The van der Waals surface area contributed by atoms with Crippen molar-refractivity contribution in [1.29, 1.82) is 0 Å². The summed E-state index contributed by atoms with van der Waals surface area (Å²) >= 11 is 0. The molecule has 1 aliphatic heterocycles. The number of carbonyl (C=O) groups is 2. The number of nitrogens with zero attached hydrogens (tertiary/aromatic N) is 1. The fraction of sp³-hybridized carbons (Fsp3) is 0.375. The molecule has 3 fully saturated rings. The van der Waals surface area contributed by atoms with Crippen LogP contribution in [0.4, 0.5) is 30.6 Å². The Labute approximate surface area is 243 Å². The number of benzene rings is 3. The van der Waals surface area contributed by atoms with Crippen molar-refractivity contribution in [3.63, 3.8) is 0 Å². The third-order valence-corrected chi connectivity index (χ3v) is 8.80. The Balaban J connectivity index is 1.40. The van der Waals surface area contributed by atoms with Crippen LogP contribution in [0.15, 0.2) is 54.6 Å². The normalized spacial score (nSPS) is 24.3. The summed E-state index contributed by atoms with van der Waals surface area (Å²) in [5.41, 5.74) is 0.818. The number of carboxylic acids is 1. The van der Waals surface area contributed by atoms with E-state index < -0.39 is 23.6 Å². The maximum atomic E-state index is 16.0. The molecule has 4 atom stereocenters. The molecule has 3 aliphatic rings. The van der Waals surface area contributed by atoms with E-state index in [9.17, 15) is 19.1 Å². The van der Waals surface area contributed by atoms with Crippen molar-refractivity contribution in [3.05, 3.63) is 71.8 Å². The molecule has 1 heterocycles. The Hall–Kier alpha value is -4.18. The van der Waals surface area contributed by atoms with Crippen LogP contribution in [-0.2, 0) is 0 Å². The third-order valence-electron chi connectivity index (χ3n) is 8.80. The van der Waals surface area contributed by atoms with Gasteiger partial charge in [0.1, 0.15) is 17.4 Å². The van der Waals surface area contributed by atoms with Gasteiger partial charge >= 0.3 is 12.0 Å². The largest absolute Gasteiger partial charge is 0.494 e. The number of fused-ring (bicyclic) bond motifs is 1. The van der Waals surface area contributed by atoms with Crippen LogP contribution in [0.5, 0.6) is 5.75 Å². The second-order valence-corrected chi connectivity index (χ2v) is 11.6. The first-order chi connectivity index (χ1) is 20.2. The number of urea groups is 1. The molecule has 1 spiro atoms. The summed E-state index contributed by atoms with van der Waals surface area (Å²) in [4.78, 5) is 27.4. The van der Waals surface area contributed by atoms with E-state index in [2.05, 4.69) is 27.8 Å². The van der Waals surface area contributed by atoms with Gasteiger partial charge in [-0.05, 0) is 100 Å². The van der Waals surface area contributed by atoms with Gasteiger partial charge in [0.2, 0.25) is 0 Å². The van der Waals surface area contributed by atoms with Gasteiger partial charge in [-0.1, -0.05) is 0 Å². The van der Waals surface area contributed by atoms with Gasteiger partial charge in [0.15, 0.2) is 0 Å². The Morgan fingerprint density at radius 2 is 1.88 bits per heavy atom. The molecule has 8 nitrogen and oxygen atoms in total. The highest BCUT2D eigenvalue weighted by Crippen LogP contribution is 2.53. The van der Waals surface area contributed by atoms with E-state index in [4.69, 9.17) is 4.74 Å². The summed E-state index contributed by atoms with van der Waals surface area (Å²) in [5, 5.41) is 19.2. The van der Waals surface area contributed by atoms with Gasteiger partial charge in [-0.3, -0.25) is 0 Å². The Morgan fingerprint density at radius 3 is 2.60 bits per heavy atom. The fourth-order valence-corrected chi connectivity index (χ4v) is 7.22. The zero-order valence-corrected chi connectivity index (χ0v) is 23.5. The molecule has 2 saturated carbocycles. The average Bonchev–Trinajstić information content (AvgIpc) is 3.52. The predicted molar refractivity (Wildman–Crippen MR) is 157 cm³/mol. The Morgan fingerprint density at radius 1 is 1.10 bits per heavy atom. The van der Waals surface area contributed by atoms with Crippen molar-refractivity contribution in [1.82, 2.24) is 5.32 Å². The van der Waals surface area contributed by atoms with Crippen LogP contribution >= 0.6 is 0 Å². The van der Waals surface area contributed by atoms with Crippen LogP contribution in [0.25, 0.3) is 11.1 Å². The lowest BCUT2D eigenvalue weighted by molar-refractivity contribution is 0.0697. The highest BCUT2D eigenvalue weighted by Gasteiger charge is 2.56. The van der Waals surface area contributed by atoms with Crippen LogP contribution < -0.4 is 25.6 Å². The number of piperazine rings is 1. The van der Waals surface area contributed by atoms with Gasteiger partial charge in [0.05, 0.1) is 23.5 Å². The summed E-state index contributed by atoms with van der Waals surface area (Å²) in [5.74, 6) is -1.44. The minimum Gasteiger partial charge on any atom is -0.494 e. The Bertz CT molecular complexity index is 1530. The van der Waals surface area contributed by atoms with Crippen LogP contribution in [-0.4, -0.2) is 47.9 Å². The zero-order valence-electron chi connectivity index (χ0n) is 23.5. The first-order valence-electron chi connectivity index (χ1n) is 14.4. The summed E-state index contributed by atoms with van der Waals surface area (Å²) in [6, 6.07) is 12.5. The molecule has 2 amide bonds. The molecular formula is C32H34F2N4O4. The minimum absolute atomic E-state index is 0.0711. The Kier molecular flexibility index (Phi) is 7.26. The van der Waals surface area contributed by atoms with Gasteiger partial charge in [-0.2, -0.15) is 0 Å². The molecule has 2 aliphatic carbocycles. The highest BCUT2D eigenvalue weighted by atomic mass is 19.1. The van der Waals surface area contributed by atoms with Crippen molar-refractivity contribution < 1.29 is 28.2 Å². The second kappa shape index (κ2) is 10.9. The number of amides is 2. The van der Waals surface area contributed by atoms with E-state index in [1.54, 1.807) is 24.3 Å². The summed E-state index contributed by atoms with van der Waals surface area (Å²) in [6.45, 7) is 5.11. The van der Waals surface area contributed by atoms with Gasteiger partial charge in [0, 0.05) is 41.0 Å². The lowest BCUT2D eigenvalue weighted by atomic mass is 9.83. The number of carbonyl (C=O) groups excluding carboxylic acids is 1. The van der Waals surface area contributed by atoms with Crippen LogP contribution in [0, 0.1) is 17.6 Å². The van der Waals surface area contributed by atoms with Gasteiger partial charge in [0.25, 0.3) is 0 Å². The smallest absolute Gasteiger partial charge is 0.336 e. The van der Waals surface area contributed by atoms with E-state index >= 15 is 4.39 Å². The van der Waals surface area contributed by atoms with Gasteiger partial charge in [-0.15, -0.1) is 0 Å². The van der Waals surface area contributed by atoms with E-state index in [1.165, 1.54) is 12.1 Å². The molecule has 2 unspecified atom stereocenters. The average molecular weight is 577 g/mol. The van der Waals surface area contributed by atoms with E-state index in [-0.39, 0.29) is 34.3 Å². The summed E-state index contributed by atoms with van der Waals surface area (Å²) < 4.78 is 35.7. The molecule has 0 radical (unpaired) electrons. The van der Waals surface area contributed by atoms with Crippen molar-refractivity contribution in [3.8, 4) is 16.9 Å². The molecule has 220 valence electrons. The molecule has 2 bridgehead atoms. The number of halogens is 2. The molecular weight excluding hydrogens is 542 g/mol. The van der Waals surface area contributed by atoms with E-state index in [0.717, 1.165) is 43.9 Å². The molecule has 42 heavy (non-hydrogen) atoms. The van der Waals surface area contributed by atoms with Crippen molar-refractivity contribution in [2.45, 2.75) is 57.2 Å².